The maximum Gasteiger partial charge on any atom is 0.258 e. The van der Waals surface area contributed by atoms with Crippen molar-refractivity contribution in [2.45, 2.75) is 17.8 Å². The van der Waals surface area contributed by atoms with Gasteiger partial charge in [-0.15, -0.1) is 10.2 Å². The predicted octanol–water partition coefficient (Wildman–Crippen LogP) is 2.53. The largest absolute Gasteiger partial charge is 0.334 e. The van der Waals surface area contributed by atoms with Crippen molar-refractivity contribution in [3.8, 4) is 11.5 Å². The molecule has 0 saturated heterocycles. The fourth-order valence-corrected chi connectivity index (χ4v) is 2.89. The molecule has 0 saturated carbocycles. The van der Waals surface area contributed by atoms with Gasteiger partial charge in [-0.1, -0.05) is 16.9 Å². The van der Waals surface area contributed by atoms with Gasteiger partial charge in [0, 0.05) is 12.4 Å². The molecular weight excluding hydrogens is 282 g/mol. The van der Waals surface area contributed by atoms with E-state index in [9.17, 15) is 0 Å². The van der Waals surface area contributed by atoms with Crippen LogP contribution in [0.1, 0.15) is 11.6 Å². The number of aromatic nitrogens is 5. The number of hydrogen-bond donors (Lipinski definition) is 0. The lowest BCUT2D eigenvalue weighted by atomic mass is 10.3. The van der Waals surface area contributed by atoms with E-state index < -0.39 is 0 Å². The number of hydrogen-bond acceptors (Lipinski definition) is 7. The predicted molar refractivity (Wildman–Crippen MR) is 72.9 cm³/mol. The standard InChI is InChI=1S/C11H11N5OS2/c1-7-13-14-11(16(7)2)19-6-9-12-10(17-15-9)8-3-4-18-5-8/h3-5H,6H2,1-2H3. The third-order valence-electron chi connectivity index (χ3n) is 2.62. The minimum Gasteiger partial charge on any atom is -0.334 e. The van der Waals surface area contributed by atoms with E-state index in [4.69, 9.17) is 4.52 Å². The molecule has 0 fully saturated rings. The van der Waals surface area contributed by atoms with Crippen molar-refractivity contribution in [3.05, 3.63) is 28.5 Å². The van der Waals surface area contributed by atoms with Gasteiger partial charge >= 0.3 is 0 Å². The van der Waals surface area contributed by atoms with E-state index >= 15 is 0 Å². The van der Waals surface area contributed by atoms with Gasteiger partial charge in [0.25, 0.3) is 5.89 Å². The van der Waals surface area contributed by atoms with E-state index in [0.717, 1.165) is 16.5 Å². The number of thiophene rings is 1. The molecule has 0 N–H and O–H groups in total. The van der Waals surface area contributed by atoms with Crippen molar-refractivity contribution >= 4 is 23.1 Å². The Bertz CT molecular complexity index is 673. The van der Waals surface area contributed by atoms with Gasteiger partial charge in [0.15, 0.2) is 11.0 Å². The van der Waals surface area contributed by atoms with Crippen LogP contribution in [0.25, 0.3) is 11.5 Å². The molecule has 0 amide bonds. The van der Waals surface area contributed by atoms with Crippen molar-refractivity contribution in [1.29, 1.82) is 0 Å². The summed E-state index contributed by atoms with van der Waals surface area (Å²) < 4.78 is 7.16. The molecule has 0 radical (unpaired) electrons. The van der Waals surface area contributed by atoms with Crippen LogP contribution in [0.3, 0.4) is 0 Å². The number of rotatable bonds is 4. The highest BCUT2D eigenvalue weighted by Crippen LogP contribution is 2.23. The molecular formula is C11H11N5OS2. The Morgan fingerprint density at radius 3 is 3.00 bits per heavy atom. The van der Waals surface area contributed by atoms with Gasteiger partial charge in [0.1, 0.15) is 5.82 Å². The molecule has 3 rings (SSSR count). The Morgan fingerprint density at radius 1 is 1.42 bits per heavy atom. The lowest BCUT2D eigenvalue weighted by molar-refractivity contribution is 0.425. The first-order valence-corrected chi connectivity index (χ1v) is 7.51. The third kappa shape index (κ3) is 2.54. The van der Waals surface area contributed by atoms with E-state index in [0.29, 0.717) is 17.5 Å². The smallest absolute Gasteiger partial charge is 0.258 e. The average molecular weight is 293 g/mol. The molecule has 3 heterocycles. The SMILES string of the molecule is Cc1nnc(SCc2noc(-c3ccsc3)n2)n1C. The van der Waals surface area contributed by atoms with Gasteiger partial charge in [0.2, 0.25) is 0 Å². The maximum absolute atomic E-state index is 5.22. The number of aryl methyl sites for hydroxylation is 1. The van der Waals surface area contributed by atoms with E-state index in [2.05, 4.69) is 20.3 Å². The fraction of sp³-hybridized carbons (Fsp3) is 0.273. The van der Waals surface area contributed by atoms with Gasteiger partial charge < -0.3 is 9.09 Å². The van der Waals surface area contributed by atoms with Gasteiger partial charge in [-0.05, 0) is 18.4 Å². The van der Waals surface area contributed by atoms with Crippen LogP contribution < -0.4 is 0 Å². The molecule has 0 aliphatic heterocycles. The fourth-order valence-electron chi connectivity index (χ4n) is 1.46. The van der Waals surface area contributed by atoms with E-state index in [-0.39, 0.29) is 0 Å². The third-order valence-corrected chi connectivity index (χ3v) is 4.32. The van der Waals surface area contributed by atoms with Gasteiger partial charge in [0.05, 0.1) is 11.3 Å². The first-order valence-electron chi connectivity index (χ1n) is 5.58. The highest BCUT2D eigenvalue weighted by Gasteiger charge is 2.11. The van der Waals surface area contributed by atoms with Crippen LogP contribution in [-0.2, 0) is 12.8 Å². The van der Waals surface area contributed by atoms with Crippen molar-refractivity contribution in [2.24, 2.45) is 7.05 Å². The molecule has 0 aliphatic carbocycles. The zero-order chi connectivity index (χ0) is 13.2. The Morgan fingerprint density at radius 2 is 2.32 bits per heavy atom. The Hall–Kier alpha value is -1.67. The molecule has 3 aromatic rings. The molecule has 0 spiro atoms. The van der Waals surface area contributed by atoms with Crippen LogP contribution in [0.5, 0.6) is 0 Å². The first-order chi connectivity index (χ1) is 9.24. The number of thioether (sulfide) groups is 1. The number of nitrogens with zero attached hydrogens (tertiary/aromatic N) is 5. The summed E-state index contributed by atoms with van der Waals surface area (Å²) >= 11 is 3.14. The molecule has 6 nitrogen and oxygen atoms in total. The van der Waals surface area contributed by atoms with Crippen LogP contribution in [0, 0.1) is 6.92 Å². The Labute approximate surface area is 117 Å². The Balaban J connectivity index is 1.69. The second-order valence-electron chi connectivity index (χ2n) is 3.91. The summed E-state index contributed by atoms with van der Waals surface area (Å²) in [6.07, 6.45) is 0. The average Bonchev–Trinajstić information content (AvgIpc) is 3.11. The summed E-state index contributed by atoms with van der Waals surface area (Å²) in [6, 6.07) is 1.96. The molecule has 0 unspecified atom stereocenters. The lowest BCUT2D eigenvalue weighted by Gasteiger charge is -1.97. The molecule has 0 aromatic carbocycles. The maximum atomic E-state index is 5.22. The topological polar surface area (TPSA) is 69.6 Å². The van der Waals surface area contributed by atoms with Crippen molar-refractivity contribution in [3.63, 3.8) is 0 Å². The first kappa shape index (κ1) is 12.4. The molecule has 0 aliphatic rings. The zero-order valence-corrected chi connectivity index (χ0v) is 12.0. The summed E-state index contributed by atoms with van der Waals surface area (Å²) in [5.74, 6) is 2.71. The van der Waals surface area contributed by atoms with Crippen molar-refractivity contribution < 1.29 is 4.52 Å². The highest BCUT2D eigenvalue weighted by molar-refractivity contribution is 7.98. The van der Waals surface area contributed by atoms with Crippen LogP contribution in [0.15, 0.2) is 26.5 Å². The Kier molecular flexibility index (Phi) is 3.34. The highest BCUT2D eigenvalue weighted by atomic mass is 32.2. The van der Waals surface area contributed by atoms with Gasteiger partial charge in [-0.3, -0.25) is 0 Å². The summed E-state index contributed by atoms with van der Waals surface area (Å²) in [5, 5.41) is 16.9. The quantitative estimate of drug-likeness (QED) is 0.688. The minimum absolute atomic E-state index is 0.561. The van der Waals surface area contributed by atoms with Crippen molar-refractivity contribution in [2.75, 3.05) is 0 Å². The van der Waals surface area contributed by atoms with Crippen LogP contribution >= 0.6 is 23.1 Å². The summed E-state index contributed by atoms with van der Waals surface area (Å²) in [6.45, 7) is 1.92. The summed E-state index contributed by atoms with van der Waals surface area (Å²) in [7, 11) is 1.94. The molecule has 98 valence electrons. The van der Waals surface area contributed by atoms with Gasteiger partial charge in [-0.25, -0.2) is 0 Å². The monoisotopic (exact) mass is 293 g/mol. The molecule has 0 atom stereocenters. The minimum atomic E-state index is 0.561. The molecule has 8 heteroatoms. The van der Waals surface area contributed by atoms with Gasteiger partial charge in [-0.2, -0.15) is 16.3 Å². The van der Waals surface area contributed by atoms with Crippen LogP contribution in [-0.4, -0.2) is 24.9 Å². The van der Waals surface area contributed by atoms with Crippen LogP contribution in [0.4, 0.5) is 0 Å². The molecule has 0 bridgehead atoms. The zero-order valence-electron chi connectivity index (χ0n) is 10.4. The summed E-state index contributed by atoms with van der Waals surface area (Å²) in [4.78, 5) is 4.35. The molecule has 3 aromatic heterocycles. The normalized spacial score (nSPS) is 11.1. The van der Waals surface area contributed by atoms with Crippen molar-refractivity contribution in [1.82, 2.24) is 24.9 Å². The van der Waals surface area contributed by atoms with E-state index in [1.54, 1.807) is 11.3 Å². The van der Waals surface area contributed by atoms with E-state index in [1.807, 2.05) is 35.4 Å². The second kappa shape index (κ2) is 5.14. The van der Waals surface area contributed by atoms with E-state index in [1.165, 1.54) is 11.8 Å². The second-order valence-corrected chi connectivity index (χ2v) is 5.63. The van der Waals surface area contributed by atoms with Crippen LogP contribution in [0.2, 0.25) is 0 Å². The molecule has 19 heavy (non-hydrogen) atoms. The lowest BCUT2D eigenvalue weighted by Crippen LogP contribution is -1.94. The summed E-state index contributed by atoms with van der Waals surface area (Å²) in [5.41, 5.74) is 0.961.